The average molecular weight is 302 g/mol. The minimum atomic E-state index is 0.0426. The lowest BCUT2D eigenvalue weighted by atomic mass is 9.95. The number of rotatable bonds is 3. The van der Waals surface area contributed by atoms with Gasteiger partial charge in [0.2, 0.25) is 0 Å². The Morgan fingerprint density at radius 1 is 1.14 bits per heavy atom. The zero-order valence-corrected chi connectivity index (χ0v) is 13.4. The highest BCUT2D eigenvalue weighted by Gasteiger charge is 2.23. The van der Waals surface area contributed by atoms with Crippen LogP contribution >= 0.6 is 0 Å². The number of piperidine rings is 1. The molecule has 2 fully saturated rings. The molecule has 1 amide bonds. The van der Waals surface area contributed by atoms with Crippen molar-refractivity contribution in [2.24, 2.45) is 5.92 Å². The molecule has 1 aliphatic heterocycles. The third kappa shape index (κ3) is 3.76. The van der Waals surface area contributed by atoms with E-state index in [2.05, 4.69) is 22.2 Å². The largest absolute Gasteiger partial charge is 0.367 e. The van der Waals surface area contributed by atoms with E-state index in [1.807, 2.05) is 11.0 Å². The van der Waals surface area contributed by atoms with E-state index in [1.54, 1.807) is 0 Å². The van der Waals surface area contributed by atoms with Crippen LogP contribution in [0.15, 0.2) is 12.4 Å². The van der Waals surface area contributed by atoms with Gasteiger partial charge in [-0.3, -0.25) is 4.79 Å². The molecular formula is C17H26N4O. The minimum Gasteiger partial charge on any atom is -0.367 e. The van der Waals surface area contributed by atoms with Gasteiger partial charge in [0.15, 0.2) is 0 Å². The predicted octanol–water partition coefficient (Wildman–Crippen LogP) is 3.09. The maximum atomic E-state index is 12.6. The number of anilines is 1. The lowest BCUT2D eigenvalue weighted by Gasteiger charge is -2.30. The molecule has 3 rings (SSSR count). The highest BCUT2D eigenvalue weighted by atomic mass is 16.2. The molecule has 5 heteroatoms. The van der Waals surface area contributed by atoms with Crippen molar-refractivity contribution in [3.05, 3.63) is 18.1 Å². The van der Waals surface area contributed by atoms with Crippen molar-refractivity contribution in [1.29, 1.82) is 0 Å². The number of carbonyl (C=O) groups excluding carboxylic acids is 1. The summed E-state index contributed by atoms with van der Waals surface area (Å²) in [5.74, 6) is 1.55. The van der Waals surface area contributed by atoms with E-state index in [4.69, 9.17) is 0 Å². The molecule has 120 valence electrons. The van der Waals surface area contributed by atoms with Crippen LogP contribution in [-0.2, 0) is 0 Å². The van der Waals surface area contributed by atoms with Gasteiger partial charge in [0.1, 0.15) is 17.8 Å². The number of nitrogens with zero attached hydrogens (tertiary/aromatic N) is 3. The summed E-state index contributed by atoms with van der Waals surface area (Å²) in [6.07, 6.45) is 9.95. The number of aromatic nitrogens is 2. The number of likely N-dealkylation sites (tertiary alicyclic amines) is 1. The molecule has 1 aromatic rings. The van der Waals surface area contributed by atoms with Gasteiger partial charge in [-0.25, -0.2) is 9.97 Å². The van der Waals surface area contributed by atoms with Crippen molar-refractivity contribution >= 4 is 11.7 Å². The molecule has 1 aromatic heterocycles. The summed E-state index contributed by atoms with van der Waals surface area (Å²) >= 11 is 0. The van der Waals surface area contributed by atoms with Crippen molar-refractivity contribution in [2.45, 2.75) is 57.9 Å². The minimum absolute atomic E-state index is 0.0426. The van der Waals surface area contributed by atoms with E-state index >= 15 is 0 Å². The van der Waals surface area contributed by atoms with Crippen LogP contribution in [0.2, 0.25) is 0 Å². The van der Waals surface area contributed by atoms with Gasteiger partial charge in [0.05, 0.1) is 0 Å². The predicted molar refractivity (Wildman–Crippen MR) is 86.8 cm³/mol. The molecule has 0 bridgehead atoms. The molecule has 0 atom stereocenters. The Hall–Kier alpha value is -1.65. The van der Waals surface area contributed by atoms with Gasteiger partial charge in [-0.05, 0) is 31.6 Å². The van der Waals surface area contributed by atoms with Crippen molar-refractivity contribution in [3.8, 4) is 0 Å². The molecule has 5 nitrogen and oxygen atoms in total. The van der Waals surface area contributed by atoms with Gasteiger partial charge >= 0.3 is 0 Å². The van der Waals surface area contributed by atoms with Crippen LogP contribution in [-0.4, -0.2) is 39.9 Å². The number of carbonyl (C=O) groups is 1. The van der Waals surface area contributed by atoms with Gasteiger partial charge in [0, 0.05) is 25.2 Å². The van der Waals surface area contributed by atoms with Crippen molar-refractivity contribution in [1.82, 2.24) is 14.9 Å². The number of hydrogen-bond acceptors (Lipinski definition) is 4. The first-order chi connectivity index (χ1) is 10.7. The Morgan fingerprint density at radius 3 is 2.59 bits per heavy atom. The second-order valence-corrected chi connectivity index (χ2v) is 6.74. The molecule has 0 spiro atoms. The fourth-order valence-electron chi connectivity index (χ4n) is 3.38. The second-order valence-electron chi connectivity index (χ2n) is 6.74. The summed E-state index contributed by atoms with van der Waals surface area (Å²) in [7, 11) is 0. The SMILES string of the molecule is CC1CCN(C(=O)c2cc(NC3CCCCC3)ncn2)CC1. The van der Waals surface area contributed by atoms with Crippen molar-refractivity contribution < 1.29 is 4.79 Å². The summed E-state index contributed by atoms with van der Waals surface area (Å²) in [6, 6.07) is 2.30. The summed E-state index contributed by atoms with van der Waals surface area (Å²) < 4.78 is 0. The zero-order valence-electron chi connectivity index (χ0n) is 13.4. The first-order valence-electron chi connectivity index (χ1n) is 8.60. The van der Waals surface area contributed by atoms with E-state index in [0.29, 0.717) is 11.7 Å². The van der Waals surface area contributed by atoms with E-state index < -0.39 is 0 Å². The lowest BCUT2D eigenvalue weighted by molar-refractivity contribution is 0.0691. The lowest BCUT2D eigenvalue weighted by Crippen LogP contribution is -2.38. The monoisotopic (exact) mass is 302 g/mol. The molecule has 1 saturated heterocycles. The Labute approximate surface area is 132 Å². The van der Waals surface area contributed by atoms with Crippen molar-refractivity contribution in [2.75, 3.05) is 18.4 Å². The Balaban J connectivity index is 1.63. The quantitative estimate of drug-likeness (QED) is 0.932. The van der Waals surface area contributed by atoms with E-state index in [9.17, 15) is 4.79 Å². The Bertz CT molecular complexity index is 505. The molecule has 0 radical (unpaired) electrons. The zero-order chi connectivity index (χ0) is 15.4. The first kappa shape index (κ1) is 15.3. The topological polar surface area (TPSA) is 58.1 Å². The van der Waals surface area contributed by atoms with Crippen LogP contribution in [0.25, 0.3) is 0 Å². The third-order valence-electron chi connectivity index (χ3n) is 4.91. The fourth-order valence-corrected chi connectivity index (χ4v) is 3.38. The summed E-state index contributed by atoms with van der Waals surface area (Å²) in [5, 5.41) is 3.46. The van der Waals surface area contributed by atoms with Gasteiger partial charge in [-0.1, -0.05) is 26.2 Å². The average Bonchev–Trinajstić information content (AvgIpc) is 2.56. The number of hydrogen-bond donors (Lipinski definition) is 1. The highest BCUT2D eigenvalue weighted by molar-refractivity contribution is 5.92. The summed E-state index contributed by atoms with van der Waals surface area (Å²) in [6.45, 7) is 3.93. The van der Waals surface area contributed by atoms with Crippen LogP contribution in [0.1, 0.15) is 62.4 Å². The molecular weight excluding hydrogens is 276 g/mol. The molecule has 2 heterocycles. The fraction of sp³-hybridized carbons (Fsp3) is 0.706. The van der Waals surface area contributed by atoms with Gasteiger partial charge in [-0.15, -0.1) is 0 Å². The normalized spacial score (nSPS) is 20.9. The molecule has 2 aliphatic rings. The van der Waals surface area contributed by atoms with Gasteiger partial charge in [0.25, 0.3) is 5.91 Å². The molecule has 1 N–H and O–H groups in total. The Morgan fingerprint density at radius 2 is 1.86 bits per heavy atom. The molecule has 0 aromatic carbocycles. The molecule has 22 heavy (non-hydrogen) atoms. The number of nitrogens with one attached hydrogen (secondary N) is 1. The highest BCUT2D eigenvalue weighted by Crippen LogP contribution is 2.22. The second kappa shape index (κ2) is 7.07. The van der Waals surface area contributed by atoms with E-state index in [0.717, 1.165) is 37.7 Å². The van der Waals surface area contributed by atoms with E-state index in [1.165, 1.54) is 38.4 Å². The van der Waals surface area contributed by atoms with Crippen LogP contribution in [0.5, 0.6) is 0 Å². The molecule has 1 saturated carbocycles. The van der Waals surface area contributed by atoms with Crippen LogP contribution < -0.4 is 5.32 Å². The maximum absolute atomic E-state index is 12.6. The van der Waals surface area contributed by atoms with Crippen molar-refractivity contribution in [3.63, 3.8) is 0 Å². The van der Waals surface area contributed by atoms with Crippen LogP contribution in [0.3, 0.4) is 0 Å². The standard InChI is InChI=1S/C17H26N4O/c1-13-7-9-21(10-8-13)17(22)15-11-16(19-12-18-15)20-14-5-3-2-4-6-14/h11-14H,2-10H2,1H3,(H,18,19,20). The molecule has 1 aliphatic carbocycles. The van der Waals surface area contributed by atoms with Gasteiger partial charge < -0.3 is 10.2 Å². The maximum Gasteiger partial charge on any atom is 0.272 e. The summed E-state index contributed by atoms with van der Waals surface area (Å²) in [5.41, 5.74) is 0.517. The first-order valence-corrected chi connectivity index (χ1v) is 8.60. The number of amides is 1. The van der Waals surface area contributed by atoms with Crippen LogP contribution in [0.4, 0.5) is 5.82 Å². The van der Waals surface area contributed by atoms with E-state index in [-0.39, 0.29) is 5.91 Å². The van der Waals surface area contributed by atoms with Crippen LogP contribution in [0, 0.1) is 5.92 Å². The Kier molecular flexibility index (Phi) is 4.90. The molecule has 0 unspecified atom stereocenters. The summed E-state index contributed by atoms with van der Waals surface area (Å²) in [4.78, 5) is 22.9. The third-order valence-corrected chi connectivity index (χ3v) is 4.91. The van der Waals surface area contributed by atoms with Gasteiger partial charge in [-0.2, -0.15) is 0 Å². The smallest absolute Gasteiger partial charge is 0.272 e.